The van der Waals surface area contributed by atoms with Gasteiger partial charge in [-0.25, -0.2) is 32.9 Å². The van der Waals surface area contributed by atoms with Crippen LogP contribution >= 0.6 is 34.8 Å². The maximum atomic E-state index is 13.9. The lowest BCUT2D eigenvalue weighted by atomic mass is 9.96. The smallest absolute Gasteiger partial charge is 0.318 e. The SMILES string of the molecule is [C-]#[N+]C[C@H]1CN(c2nc(OCC3(C)CCCN3C)nc3c2CCN(c2cccc4cccc(Cl)c24)C3)CCN1C(=O)C(=C)F.[C-]#[N+]C[C@H]1CN(c2nc(OCC3CCN3C3CCCC3)nc3c2CCN(c2cccc4cccc(Cl)c24)C3)CCN1C(=O)C(=C)F.[C-]#[N+]C[C@H]1CN(c2nc(OCC3CCN3C3CCOCC3)nc3c2CCN(c2cccc4cccc(Cl)c24)C3)CCN1C(=O)C(=C)F. The van der Waals surface area contributed by atoms with Crippen molar-refractivity contribution in [2.24, 2.45) is 0 Å². The van der Waals surface area contributed by atoms with Crippen LogP contribution in [0.15, 0.2) is 146 Å². The van der Waals surface area contributed by atoms with E-state index in [0.29, 0.717) is 155 Å². The molecular weight excluding hydrogens is 1810 g/mol. The Balaban J connectivity index is 0.000000137. The van der Waals surface area contributed by atoms with E-state index in [1.807, 2.05) is 42.5 Å². The number of likely N-dealkylation sites (N-methyl/N-ethyl adjacent to an activating group) is 1. The summed E-state index contributed by atoms with van der Waals surface area (Å²) in [4.78, 5) is 103. The van der Waals surface area contributed by atoms with Crippen molar-refractivity contribution < 1.29 is 46.5 Å². The molecule has 3 amide bonds. The molecule has 10 aliphatic heterocycles. The molecule has 6 aromatic carbocycles. The lowest BCUT2D eigenvalue weighted by Gasteiger charge is -2.47. The zero-order valence-electron chi connectivity index (χ0n) is 77.6. The van der Waals surface area contributed by atoms with Crippen LogP contribution in [0.4, 0.5) is 47.7 Å². The Morgan fingerprint density at radius 3 is 1.09 bits per heavy atom. The van der Waals surface area contributed by atoms with Crippen molar-refractivity contribution in [2.75, 3.05) is 187 Å². The van der Waals surface area contributed by atoms with Gasteiger partial charge in [0.05, 0.1) is 57.3 Å². The quantitative estimate of drug-likeness (QED) is 0.0429. The standard InChI is InChI=1S/C35H39ClFN7O3.C35H39ClFN7O2.C33H37ClFN7O2/c1-23(37)34(45)44-16-15-42(20-27(44)19-38-2)33-28-10-13-41(31-8-4-6-24-5-3-7-29(36)32(24)31)21-30(28)39-35(40-33)47-22-26-9-14-43(26)25-11-17-46-18-12-25;1-23(37)34(45)44-18-17-42(20-27(44)19-38-2)33-28-14-15-41(31-12-6-8-24-7-5-11-29(36)32(24)31)21-30(28)39-35(40-33)46-22-26-13-16-43(26)25-9-3-4-10-25;1-22(35)31(43)42-17-16-41(19-24(42)18-36-3)30-25-12-15-40(28-11-6-9-23-8-5-10-26(34)29(23)28)20-27(25)37-32(38-30)44-21-33(2)13-7-14-39(33)4/h3-8,25-27H,1,9-22H2;5-8,11-12,25-27H,1,3-4,9-10,13-22H2;5-6,8-11,24H,1,7,12-21H2,2,4H3/t2*26?,27-;24-,33?/m000/s1. The number of ether oxygens (including phenoxy) is 4. The zero-order valence-corrected chi connectivity index (χ0v) is 79.9. The van der Waals surface area contributed by atoms with E-state index in [2.05, 4.69) is 159 Å². The Hall–Kier alpha value is -11.9. The van der Waals surface area contributed by atoms with E-state index in [1.54, 1.807) is 0 Å². The molecule has 8 fully saturated rings. The third-order valence-corrected chi connectivity index (χ3v) is 30.5. The number of hydrogen-bond acceptors (Lipinski definition) is 22. The van der Waals surface area contributed by atoms with Gasteiger partial charge in [-0.1, -0.05) is 140 Å². The highest BCUT2D eigenvalue weighted by atomic mass is 35.5. The maximum Gasteiger partial charge on any atom is 0.318 e. The molecule has 1 saturated carbocycles. The van der Waals surface area contributed by atoms with Crippen LogP contribution in [0, 0.1) is 19.7 Å². The minimum Gasteiger partial charge on any atom is -0.462 e. The number of halogens is 6. The Kier molecular flexibility index (Phi) is 29.4. The summed E-state index contributed by atoms with van der Waals surface area (Å²) in [6.07, 6.45) is 13.6. The first-order valence-corrected chi connectivity index (χ1v) is 49.0. The van der Waals surface area contributed by atoms with Crippen LogP contribution in [0.25, 0.3) is 46.9 Å². The number of amides is 3. The lowest BCUT2D eigenvalue weighted by Crippen LogP contribution is -2.57. The lowest BCUT2D eigenvalue weighted by molar-refractivity contribution is -0.131. The molecule has 0 bridgehead atoms. The summed E-state index contributed by atoms with van der Waals surface area (Å²) in [6.45, 7) is 47.9. The first kappa shape index (κ1) is 95.5. The highest BCUT2D eigenvalue weighted by Gasteiger charge is 2.44. The fraction of sp³-hybridized carbons (Fsp3) is 0.476. The third-order valence-electron chi connectivity index (χ3n) is 29.6. The Bertz CT molecular complexity index is 6200. The monoisotopic (exact) mass is 1920 g/mol. The maximum absolute atomic E-state index is 13.9. The van der Waals surface area contributed by atoms with Crippen molar-refractivity contribution in [3.05, 3.63) is 230 Å². The van der Waals surface area contributed by atoms with Gasteiger partial charge >= 0.3 is 18.0 Å². The van der Waals surface area contributed by atoms with E-state index >= 15 is 0 Å². The highest BCUT2D eigenvalue weighted by molar-refractivity contribution is 6.37. The van der Waals surface area contributed by atoms with Crippen LogP contribution in [-0.2, 0) is 58.0 Å². The van der Waals surface area contributed by atoms with Crippen LogP contribution in [0.1, 0.15) is 105 Å². The third kappa shape index (κ3) is 20.4. The van der Waals surface area contributed by atoms with Crippen molar-refractivity contribution in [3.63, 3.8) is 0 Å². The summed E-state index contributed by atoms with van der Waals surface area (Å²) in [6, 6.07) is 37.9. The number of carbonyl (C=O) groups is 3. The zero-order chi connectivity index (χ0) is 95.3. The van der Waals surface area contributed by atoms with Crippen molar-refractivity contribution >= 4 is 119 Å². The van der Waals surface area contributed by atoms with Gasteiger partial charge < -0.3 is 77.6 Å². The molecule has 3 unspecified atom stereocenters. The van der Waals surface area contributed by atoms with Crippen LogP contribution in [0.3, 0.4) is 0 Å². The molecule has 9 aromatic rings. The topological polar surface area (TPSA) is 217 Å². The van der Waals surface area contributed by atoms with Gasteiger partial charge in [-0.3, -0.25) is 29.1 Å². The molecule has 0 N–H and O–H groups in total. The number of benzene rings is 6. The van der Waals surface area contributed by atoms with E-state index in [-0.39, 0.29) is 44.8 Å². The number of fused-ring (bicyclic) bond motifs is 6. The number of rotatable bonds is 23. The van der Waals surface area contributed by atoms with Gasteiger partial charge in [0, 0.05) is 179 Å². The molecule has 20 rings (SSSR count). The first-order chi connectivity index (χ1) is 66.5. The molecule has 716 valence electrons. The summed E-state index contributed by atoms with van der Waals surface area (Å²) in [5, 5.41) is 8.43. The first-order valence-electron chi connectivity index (χ1n) is 47.9. The predicted octanol–water partition coefficient (Wildman–Crippen LogP) is 15.7. The van der Waals surface area contributed by atoms with Gasteiger partial charge in [-0.2, -0.15) is 29.9 Å². The van der Waals surface area contributed by atoms with E-state index in [1.165, 1.54) is 40.4 Å². The van der Waals surface area contributed by atoms with E-state index < -0.39 is 53.3 Å². The number of hydrogen-bond donors (Lipinski definition) is 0. The largest absolute Gasteiger partial charge is 0.462 e. The molecule has 28 nitrogen and oxygen atoms in total. The second kappa shape index (κ2) is 42.2. The average molecular weight is 1920 g/mol. The molecule has 3 aromatic heterocycles. The van der Waals surface area contributed by atoms with Crippen LogP contribution < -0.4 is 43.6 Å². The number of piperazine rings is 3. The molecule has 0 spiro atoms. The Morgan fingerprint density at radius 1 is 0.431 bits per heavy atom. The second-order valence-corrected chi connectivity index (χ2v) is 39.0. The minimum absolute atomic E-state index is 0.0610. The summed E-state index contributed by atoms with van der Waals surface area (Å²) < 4.78 is 66.3. The van der Waals surface area contributed by atoms with E-state index in [9.17, 15) is 27.6 Å². The summed E-state index contributed by atoms with van der Waals surface area (Å²) in [5.74, 6) is -3.00. The molecule has 1 aliphatic carbocycles. The van der Waals surface area contributed by atoms with E-state index in [4.69, 9.17) is 103 Å². The Morgan fingerprint density at radius 2 is 0.774 bits per heavy atom. The minimum atomic E-state index is -1.01. The predicted molar refractivity (Wildman–Crippen MR) is 529 cm³/mol. The summed E-state index contributed by atoms with van der Waals surface area (Å²) >= 11 is 20.1. The number of aromatic nitrogens is 6. The fourth-order valence-corrected chi connectivity index (χ4v) is 22.8. The van der Waals surface area contributed by atoms with Crippen LogP contribution in [0.2, 0.25) is 15.1 Å². The normalized spacial score (nSPS) is 22.1. The van der Waals surface area contributed by atoms with Crippen molar-refractivity contribution in [1.82, 2.24) is 59.3 Å². The van der Waals surface area contributed by atoms with Crippen LogP contribution in [0.5, 0.6) is 18.0 Å². The number of likely N-dealkylation sites (tertiary alicyclic amines) is 3. The molecule has 6 atom stereocenters. The number of nitrogens with zero attached hydrogens (tertiary/aromatic N) is 21. The molecule has 0 radical (unpaired) electrons. The van der Waals surface area contributed by atoms with E-state index in [0.717, 1.165) is 192 Å². The number of carbonyl (C=O) groups excluding carboxylic acids is 3. The van der Waals surface area contributed by atoms with Gasteiger partial charge in [0.1, 0.15) is 55.4 Å². The molecule has 34 heteroatoms. The van der Waals surface area contributed by atoms with Crippen molar-refractivity contribution in [3.8, 4) is 18.0 Å². The second-order valence-electron chi connectivity index (χ2n) is 37.7. The van der Waals surface area contributed by atoms with Crippen LogP contribution in [-0.4, -0.2) is 283 Å². The summed E-state index contributed by atoms with van der Waals surface area (Å²) in [7, 11) is 2.12. The molecule has 13 heterocycles. The highest BCUT2D eigenvalue weighted by Crippen LogP contribution is 2.44. The van der Waals surface area contributed by atoms with Crippen molar-refractivity contribution in [2.45, 2.75) is 158 Å². The molecule has 137 heavy (non-hydrogen) atoms. The molecule has 11 aliphatic rings. The van der Waals surface area contributed by atoms with Crippen molar-refractivity contribution in [1.29, 1.82) is 0 Å². The van der Waals surface area contributed by atoms with Gasteiger partial charge in [-0.05, 0) is 144 Å². The number of anilines is 6. The average Bonchev–Trinajstić information content (AvgIpc) is 1.05. The van der Waals surface area contributed by atoms with Gasteiger partial charge in [0.2, 0.25) is 19.6 Å². The van der Waals surface area contributed by atoms with Gasteiger partial charge in [-0.15, -0.1) is 0 Å². The fourth-order valence-electron chi connectivity index (χ4n) is 22.0. The summed E-state index contributed by atoms with van der Waals surface area (Å²) in [5.41, 5.74) is 8.83. The molecule has 7 saturated heterocycles. The van der Waals surface area contributed by atoms with Gasteiger partial charge in [0.25, 0.3) is 17.7 Å². The Labute approximate surface area is 812 Å². The molecular formula is C103H115Cl3F3N21O7. The van der Waals surface area contributed by atoms with Gasteiger partial charge in [0.15, 0.2) is 17.5 Å².